The Bertz CT molecular complexity index is 597. The first-order chi connectivity index (χ1) is 9.49. The summed E-state index contributed by atoms with van der Waals surface area (Å²) in [6, 6.07) is 11.2. The third-order valence-corrected chi connectivity index (χ3v) is 4.16. The van der Waals surface area contributed by atoms with Crippen LogP contribution in [0.15, 0.2) is 45.3 Å². The second-order valence-corrected chi connectivity index (χ2v) is 6.50. The number of rotatable bonds is 4. The summed E-state index contributed by atoms with van der Waals surface area (Å²) in [7, 11) is 0. The van der Waals surface area contributed by atoms with Crippen LogP contribution >= 0.6 is 31.9 Å². The van der Waals surface area contributed by atoms with E-state index < -0.39 is 0 Å². The van der Waals surface area contributed by atoms with E-state index in [0.29, 0.717) is 10.9 Å². The molecule has 0 aliphatic carbocycles. The number of nitrogens with one attached hydrogen (secondary N) is 1. The van der Waals surface area contributed by atoms with E-state index in [2.05, 4.69) is 43.4 Å². The average molecular weight is 402 g/mol. The average Bonchev–Trinajstić information content (AvgIpc) is 2.38. The number of hydrogen-bond donors (Lipinski definition) is 2. The highest BCUT2D eigenvalue weighted by atomic mass is 79.9. The van der Waals surface area contributed by atoms with Crippen LogP contribution in [-0.4, -0.2) is 0 Å². The zero-order valence-corrected chi connectivity index (χ0v) is 14.1. The van der Waals surface area contributed by atoms with Crippen molar-refractivity contribution in [1.82, 2.24) is 5.43 Å². The highest BCUT2D eigenvalue weighted by Gasteiger charge is 2.12. The molecular formula is C15H15Br2FN2. The van der Waals surface area contributed by atoms with Gasteiger partial charge in [0.2, 0.25) is 0 Å². The van der Waals surface area contributed by atoms with Gasteiger partial charge in [-0.1, -0.05) is 28.1 Å². The fourth-order valence-electron chi connectivity index (χ4n) is 2.14. The first-order valence-corrected chi connectivity index (χ1v) is 7.75. The van der Waals surface area contributed by atoms with Crippen molar-refractivity contribution >= 4 is 31.9 Å². The summed E-state index contributed by atoms with van der Waals surface area (Å²) in [5, 5.41) is 0. The van der Waals surface area contributed by atoms with Crippen molar-refractivity contribution in [1.29, 1.82) is 0 Å². The first-order valence-electron chi connectivity index (χ1n) is 6.16. The second-order valence-electron chi connectivity index (χ2n) is 4.73. The molecule has 0 saturated heterocycles. The van der Waals surface area contributed by atoms with Gasteiger partial charge in [0.05, 0.1) is 10.5 Å². The lowest BCUT2D eigenvalue weighted by Gasteiger charge is -2.18. The molecule has 0 spiro atoms. The fraction of sp³-hybridized carbons (Fsp3) is 0.200. The third-order valence-electron chi connectivity index (χ3n) is 3.09. The van der Waals surface area contributed by atoms with E-state index in [1.165, 1.54) is 6.07 Å². The molecule has 106 valence electrons. The van der Waals surface area contributed by atoms with Crippen LogP contribution in [0.2, 0.25) is 0 Å². The van der Waals surface area contributed by atoms with Gasteiger partial charge in [0.15, 0.2) is 0 Å². The molecule has 5 heteroatoms. The Morgan fingerprint density at radius 2 is 1.95 bits per heavy atom. The Kier molecular flexibility index (Phi) is 5.32. The van der Waals surface area contributed by atoms with Crippen molar-refractivity contribution < 1.29 is 4.39 Å². The molecule has 0 bridgehead atoms. The minimum absolute atomic E-state index is 0.0245. The summed E-state index contributed by atoms with van der Waals surface area (Å²) in [6.45, 7) is 2.04. The van der Waals surface area contributed by atoms with Crippen molar-refractivity contribution in [2.75, 3.05) is 0 Å². The number of nitrogens with two attached hydrogens (primary N) is 1. The Labute approximate surface area is 134 Å². The Balaban J connectivity index is 2.26. The zero-order valence-electron chi connectivity index (χ0n) is 11.0. The van der Waals surface area contributed by atoms with Gasteiger partial charge in [0.25, 0.3) is 0 Å². The van der Waals surface area contributed by atoms with Crippen LogP contribution in [0.3, 0.4) is 0 Å². The SMILES string of the molecule is Cc1cc(Br)cc(C(Cc2ccc(F)c(Br)c2)NN)c1. The monoisotopic (exact) mass is 400 g/mol. The molecule has 2 nitrogen and oxygen atoms in total. The quantitative estimate of drug-likeness (QED) is 0.588. The van der Waals surface area contributed by atoms with Crippen molar-refractivity contribution in [2.24, 2.45) is 5.84 Å². The van der Waals surface area contributed by atoms with E-state index >= 15 is 0 Å². The molecule has 2 rings (SSSR count). The maximum absolute atomic E-state index is 13.3. The van der Waals surface area contributed by atoms with E-state index in [-0.39, 0.29) is 11.9 Å². The van der Waals surface area contributed by atoms with Gasteiger partial charge < -0.3 is 0 Å². The van der Waals surface area contributed by atoms with E-state index in [1.807, 2.05) is 19.1 Å². The van der Waals surface area contributed by atoms with E-state index in [1.54, 1.807) is 12.1 Å². The van der Waals surface area contributed by atoms with Gasteiger partial charge in [-0.3, -0.25) is 11.3 Å². The molecule has 0 heterocycles. The van der Waals surface area contributed by atoms with Gasteiger partial charge >= 0.3 is 0 Å². The summed E-state index contributed by atoms with van der Waals surface area (Å²) in [6.07, 6.45) is 0.686. The van der Waals surface area contributed by atoms with Crippen molar-refractivity contribution in [3.63, 3.8) is 0 Å². The number of halogens is 3. The number of aryl methyl sites for hydroxylation is 1. The minimum Gasteiger partial charge on any atom is -0.271 e. The zero-order chi connectivity index (χ0) is 14.7. The van der Waals surface area contributed by atoms with E-state index in [9.17, 15) is 4.39 Å². The highest BCUT2D eigenvalue weighted by Crippen LogP contribution is 2.25. The summed E-state index contributed by atoms with van der Waals surface area (Å²) in [5.41, 5.74) is 6.10. The molecule has 0 amide bonds. The molecule has 0 fully saturated rings. The number of hydrazine groups is 1. The van der Waals surface area contributed by atoms with Crippen LogP contribution in [0.1, 0.15) is 22.7 Å². The Hall–Kier alpha value is -0.750. The smallest absolute Gasteiger partial charge is 0.137 e. The molecule has 0 aromatic heterocycles. The van der Waals surface area contributed by atoms with Crippen molar-refractivity contribution in [3.8, 4) is 0 Å². The lowest BCUT2D eigenvalue weighted by Crippen LogP contribution is -2.29. The largest absolute Gasteiger partial charge is 0.271 e. The van der Waals surface area contributed by atoms with Gasteiger partial charge in [-0.25, -0.2) is 4.39 Å². The van der Waals surface area contributed by atoms with Gasteiger partial charge in [0, 0.05) is 4.47 Å². The van der Waals surface area contributed by atoms with Gasteiger partial charge in [-0.15, -0.1) is 0 Å². The Morgan fingerprint density at radius 1 is 1.20 bits per heavy atom. The van der Waals surface area contributed by atoms with Gasteiger partial charge in [0.1, 0.15) is 5.82 Å². The molecule has 1 unspecified atom stereocenters. The summed E-state index contributed by atoms with van der Waals surface area (Å²) in [5.74, 6) is 5.41. The molecule has 20 heavy (non-hydrogen) atoms. The van der Waals surface area contributed by atoms with Crippen molar-refractivity contribution in [3.05, 3.63) is 67.9 Å². The van der Waals surface area contributed by atoms with Gasteiger partial charge in [-0.05, 0) is 70.2 Å². The van der Waals surface area contributed by atoms with Crippen LogP contribution in [0.25, 0.3) is 0 Å². The molecule has 1 atom stereocenters. The minimum atomic E-state index is -0.260. The Morgan fingerprint density at radius 3 is 2.55 bits per heavy atom. The number of benzene rings is 2. The van der Waals surface area contributed by atoms with Crippen LogP contribution in [-0.2, 0) is 6.42 Å². The fourth-order valence-corrected chi connectivity index (χ4v) is 3.19. The summed E-state index contributed by atoms with van der Waals surface area (Å²) < 4.78 is 14.7. The molecule has 2 aromatic carbocycles. The molecule has 0 saturated carbocycles. The predicted octanol–water partition coefficient (Wildman–Crippen LogP) is 4.41. The molecule has 2 aromatic rings. The maximum Gasteiger partial charge on any atom is 0.137 e. The van der Waals surface area contributed by atoms with Crippen LogP contribution in [0, 0.1) is 12.7 Å². The highest BCUT2D eigenvalue weighted by molar-refractivity contribution is 9.10. The lowest BCUT2D eigenvalue weighted by molar-refractivity contribution is 0.550. The first kappa shape index (κ1) is 15.6. The molecule has 3 N–H and O–H groups in total. The maximum atomic E-state index is 13.3. The molecule has 0 aliphatic rings. The summed E-state index contributed by atoms with van der Waals surface area (Å²) >= 11 is 6.69. The molecule has 0 aliphatic heterocycles. The van der Waals surface area contributed by atoms with E-state index in [0.717, 1.165) is 21.2 Å². The predicted molar refractivity (Wildman–Crippen MR) is 86.7 cm³/mol. The standard InChI is InChI=1S/C15H15Br2FN2/c1-9-4-11(8-12(16)5-9)15(20-19)7-10-2-3-14(18)13(17)6-10/h2-6,8,15,20H,7,19H2,1H3. The van der Waals surface area contributed by atoms with Crippen LogP contribution < -0.4 is 11.3 Å². The lowest BCUT2D eigenvalue weighted by atomic mass is 9.98. The normalized spacial score (nSPS) is 12.4. The van der Waals surface area contributed by atoms with Crippen LogP contribution in [0.5, 0.6) is 0 Å². The van der Waals surface area contributed by atoms with Crippen LogP contribution in [0.4, 0.5) is 4.39 Å². The summed E-state index contributed by atoms with van der Waals surface area (Å²) in [4.78, 5) is 0. The topological polar surface area (TPSA) is 38.0 Å². The molecule has 0 radical (unpaired) electrons. The molecular weight excluding hydrogens is 387 g/mol. The second kappa shape index (κ2) is 6.80. The number of hydrogen-bond acceptors (Lipinski definition) is 2. The third kappa shape index (κ3) is 3.88. The van der Waals surface area contributed by atoms with Crippen molar-refractivity contribution in [2.45, 2.75) is 19.4 Å². The van der Waals surface area contributed by atoms with E-state index in [4.69, 9.17) is 5.84 Å². The van der Waals surface area contributed by atoms with Gasteiger partial charge in [-0.2, -0.15) is 0 Å².